The Labute approximate surface area is 201 Å². The van der Waals surface area contributed by atoms with E-state index in [0.29, 0.717) is 13.2 Å². The van der Waals surface area contributed by atoms with E-state index >= 15 is 0 Å². The third-order valence-electron chi connectivity index (χ3n) is 5.09. The van der Waals surface area contributed by atoms with Gasteiger partial charge in [-0.3, -0.25) is 4.99 Å². The van der Waals surface area contributed by atoms with Crippen molar-refractivity contribution in [1.82, 2.24) is 15.6 Å². The molecule has 0 spiro atoms. The van der Waals surface area contributed by atoms with Crippen LogP contribution in [0.4, 0.5) is 15.9 Å². The van der Waals surface area contributed by atoms with Gasteiger partial charge in [0.2, 0.25) is 0 Å². The Morgan fingerprint density at radius 2 is 1.84 bits per heavy atom. The number of methoxy groups -OCH3 is 1. The fourth-order valence-corrected chi connectivity index (χ4v) is 3.49. The number of hydrogen-bond acceptors (Lipinski definition) is 5. The van der Waals surface area contributed by atoms with E-state index in [4.69, 9.17) is 4.74 Å². The Morgan fingerprint density at radius 3 is 2.48 bits per heavy atom. The normalized spacial score (nSPS) is 15.3. The predicted molar refractivity (Wildman–Crippen MR) is 135 cm³/mol. The molecule has 0 bridgehead atoms. The molecule has 7 nitrogen and oxygen atoms in total. The van der Waals surface area contributed by atoms with E-state index in [1.807, 2.05) is 31.3 Å². The van der Waals surface area contributed by atoms with Gasteiger partial charge in [-0.15, -0.1) is 24.0 Å². The summed E-state index contributed by atoms with van der Waals surface area (Å²) in [6.07, 6.45) is 1.85. The second kappa shape index (κ2) is 12.7. The van der Waals surface area contributed by atoms with Gasteiger partial charge in [0.05, 0.1) is 6.61 Å². The smallest absolute Gasteiger partial charge is 0.191 e. The highest BCUT2D eigenvalue weighted by atomic mass is 127. The fraction of sp³-hybridized carbons (Fsp3) is 0.455. The number of nitrogens with one attached hydrogen (secondary N) is 2. The molecule has 1 aliphatic heterocycles. The van der Waals surface area contributed by atoms with Crippen LogP contribution in [0.5, 0.6) is 0 Å². The number of guanidine groups is 1. The minimum Gasteiger partial charge on any atom is -0.383 e. The number of aliphatic imine (C=N–C) groups is 1. The van der Waals surface area contributed by atoms with Crippen LogP contribution in [-0.2, 0) is 11.3 Å². The van der Waals surface area contributed by atoms with Gasteiger partial charge in [-0.05, 0) is 48.9 Å². The molecule has 1 atom stereocenters. The molecule has 1 aromatic heterocycles. The van der Waals surface area contributed by atoms with Crippen molar-refractivity contribution in [1.29, 1.82) is 0 Å². The number of nitrogens with zero attached hydrogens (tertiary/aromatic N) is 4. The molecule has 1 aliphatic rings. The number of pyridine rings is 1. The van der Waals surface area contributed by atoms with Crippen LogP contribution in [0, 0.1) is 5.82 Å². The topological polar surface area (TPSA) is 65.0 Å². The van der Waals surface area contributed by atoms with E-state index in [2.05, 4.69) is 36.5 Å². The standard InChI is InChI=1S/C22H31FN6O.HI/c1-17(16-30-3)27-22(24-2)26-15-18-8-9-25-21(14-18)29-12-10-28(11-13-29)20-6-4-19(23)5-7-20;/h4-9,14,17H,10-13,15-16H2,1-3H3,(H2,24,26,27);1H. The number of hydrogen-bond donors (Lipinski definition) is 2. The molecule has 2 aromatic rings. The monoisotopic (exact) mass is 542 g/mol. The first kappa shape index (κ1) is 25.1. The summed E-state index contributed by atoms with van der Waals surface area (Å²) in [6.45, 7) is 6.83. The molecule has 3 rings (SSSR count). The van der Waals surface area contributed by atoms with Crippen LogP contribution in [0.1, 0.15) is 12.5 Å². The Kier molecular flexibility index (Phi) is 10.3. The lowest BCUT2D eigenvalue weighted by atomic mass is 10.2. The number of rotatable bonds is 7. The van der Waals surface area contributed by atoms with Crippen molar-refractivity contribution in [3.8, 4) is 0 Å². The summed E-state index contributed by atoms with van der Waals surface area (Å²) in [5, 5.41) is 6.63. The van der Waals surface area contributed by atoms with E-state index in [-0.39, 0.29) is 35.8 Å². The van der Waals surface area contributed by atoms with Crippen molar-refractivity contribution >= 4 is 41.4 Å². The van der Waals surface area contributed by atoms with E-state index in [1.165, 1.54) is 12.1 Å². The number of halogens is 2. The molecule has 0 amide bonds. The Morgan fingerprint density at radius 1 is 1.16 bits per heavy atom. The highest BCUT2D eigenvalue weighted by Gasteiger charge is 2.18. The van der Waals surface area contributed by atoms with Gasteiger partial charge in [-0.25, -0.2) is 9.37 Å². The van der Waals surface area contributed by atoms with Crippen molar-refractivity contribution in [2.75, 3.05) is 56.7 Å². The number of anilines is 2. The number of ether oxygens (including phenoxy) is 1. The first-order valence-electron chi connectivity index (χ1n) is 10.3. The molecule has 170 valence electrons. The maximum Gasteiger partial charge on any atom is 0.191 e. The number of piperazine rings is 1. The van der Waals surface area contributed by atoms with Crippen LogP contribution < -0.4 is 20.4 Å². The van der Waals surface area contributed by atoms with E-state index < -0.39 is 0 Å². The average Bonchev–Trinajstić information content (AvgIpc) is 2.77. The lowest BCUT2D eigenvalue weighted by molar-refractivity contribution is 0.179. The molecule has 2 N–H and O–H groups in total. The molecule has 0 radical (unpaired) electrons. The van der Waals surface area contributed by atoms with Crippen LogP contribution in [0.15, 0.2) is 47.6 Å². The maximum absolute atomic E-state index is 13.2. The molecule has 1 aromatic carbocycles. The van der Waals surface area contributed by atoms with Crippen LogP contribution in [-0.4, -0.2) is 63.9 Å². The van der Waals surface area contributed by atoms with Crippen LogP contribution >= 0.6 is 24.0 Å². The highest BCUT2D eigenvalue weighted by Crippen LogP contribution is 2.20. The van der Waals surface area contributed by atoms with E-state index in [9.17, 15) is 4.39 Å². The molecule has 0 saturated carbocycles. The lowest BCUT2D eigenvalue weighted by Crippen LogP contribution is -2.47. The van der Waals surface area contributed by atoms with Crippen molar-refractivity contribution < 1.29 is 9.13 Å². The van der Waals surface area contributed by atoms with Gasteiger partial charge in [0.15, 0.2) is 5.96 Å². The molecule has 1 saturated heterocycles. The molecular weight excluding hydrogens is 510 g/mol. The Bertz CT molecular complexity index is 827. The second-order valence-corrected chi connectivity index (χ2v) is 7.40. The Hall–Kier alpha value is -2.14. The SMILES string of the molecule is CN=C(NCc1ccnc(N2CCN(c3ccc(F)cc3)CC2)c1)NC(C)COC.I. The van der Waals surface area contributed by atoms with E-state index in [0.717, 1.165) is 49.2 Å². The Balaban J connectivity index is 0.00000341. The van der Waals surface area contributed by atoms with Gasteiger partial charge < -0.3 is 25.2 Å². The zero-order chi connectivity index (χ0) is 21.3. The number of benzene rings is 1. The summed E-state index contributed by atoms with van der Waals surface area (Å²) in [7, 11) is 3.44. The summed E-state index contributed by atoms with van der Waals surface area (Å²) in [4.78, 5) is 13.4. The predicted octanol–water partition coefficient (Wildman–Crippen LogP) is 2.87. The second-order valence-electron chi connectivity index (χ2n) is 7.40. The summed E-state index contributed by atoms with van der Waals surface area (Å²) in [5.74, 6) is 1.52. The molecule has 1 unspecified atom stereocenters. The minimum atomic E-state index is -0.202. The largest absolute Gasteiger partial charge is 0.383 e. The van der Waals surface area contributed by atoms with Gasteiger partial charge >= 0.3 is 0 Å². The van der Waals surface area contributed by atoms with Crippen LogP contribution in [0.2, 0.25) is 0 Å². The lowest BCUT2D eigenvalue weighted by Gasteiger charge is -2.36. The molecule has 31 heavy (non-hydrogen) atoms. The first-order chi connectivity index (χ1) is 14.6. The summed E-state index contributed by atoms with van der Waals surface area (Å²) >= 11 is 0. The molecule has 1 fully saturated rings. The van der Waals surface area contributed by atoms with Gasteiger partial charge in [0.1, 0.15) is 11.6 Å². The van der Waals surface area contributed by atoms with E-state index in [1.54, 1.807) is 14.2 Å². The molecule has 0 aliphatic carbocycles. The highest BCUT2D eigenvalue weighted by molar-refractivity contribution is 14.0. The van der Waals surface area contributed by atoms with Gasteiger partial charge in [-0.2, -0.15) is 0 Å². The van der Waals surface area contributed by atoms with Crippen molar-refractivity contribution in [2.24, 2.45) is 4.99 Å². The van der Waals surface area contributed by atoms with Gasteiger partial charge in [0.25, 0.3) is 0 Å². The van der Waals surface area contributed by atoms with Crippen molar-refractivity contribution in [3.05, 3.63) is 54.0 Å². The van der Waals surface area contributed by atoms with Crippen LogP contribution in [0.3, 0.4) is 0 Å². The third-order valence-corrected chi connectivity index (χ3v) is 5.09. The third kappa shape index (κ3) is 7.49. The van der Waals surface area contributed by atoms with Crippen molar-refractivity contribution in [2.45, 2.75) is 19.5 Å². The summed E-state index contributed by atoms with van der Waals surface area (Å²) in [6, 6.07) is 11.0. The average molecular weight is 542 g/mol. The molecular formula is C22H32FIN6O. The minimum absolute atomic E-state index is 0. The quantitative estimate of drug-likeness (QED) is 0.319. The van der Waals surface area contributed by atoms with Gasteiger partial charge in [0, 0.05) is 64.8 Å². The van der Waals surface area contributed by atoms with Crippen molar-refractivity contribution in [3.63, 3.8) is 0 Å². The maximum atomic E-state index is 13.2. The number of aromatic nitrogens is 1. The zero-order valence-corrected chi connectivity index (χ0v) is 20.7. The van der Waals surface area contributed by atoms with Gasteiger partial charge in [-0.1, -0.05) is 0 Å². The zero-order valence-electron chi connectivity index (χ0n) is 18.3. The van der Waals surface area contributed by atoms with Crippen LogP contribution in [0.25, 0.3) is 0 Å². The molecule has 2 heterocycles. The summed E-state index contributed by atoms with van der Waals surface area (Å²) in [5.41, 5.74) is 2.20. The fourth-order valence-electron chi connectivity index (χ4n) is 3.49. The summed E-state index contributed by atoms with van der Waals surface area (Å²) < 4.78 is 18.3. The molecule has 9 heteroatoms. The first-order valence-corrected chi connectivity index (χ1v) is 10.3.